The van der Waals surface area contributed by atoms with E-state index < -0.39 is 35.7 Å². The second-order valence-electron chi connectivity index (χ2n) is 3.80. The molecule has 0 bridgehead atoms. The van der Waals surface area contributed by atoms with Gasteiger partial charge in [-0.1, -0.05) is 17.7 Å². The fraction of sp³-hybridized carbons (Fsp3) is 0.800. The van der Waals surface area contributed by atoms with Gasteiger partial charge in [0.05, 0.1) is 12.6 Å². The number of aliphatic hydroxyl groups excluding tert-OH is 2. The Labute approximate surface area is 108 Å². The maximum Gasteiger partial charge on any atom is 0.267 e. The van der Waals surface area contributed by atoms with E-state index in [1.54, 1.807) is 0 Å². The third kappa shape index (κ3) is 4.35. The highest BCUT2D eigenvalue weighted by atomic mass is 32.2. The second-order valence-corrected chi connectivity index (χ2v) is 5.11. The van der Waals surface area contributed by atoms with E-state index in [0.717, 1.165) is 11.8 Å². The van der Waals surface area contributed by atoms with Crippen molar-refractivity contribution in [1.82, 2.24) is 5.32 Å². The predicted molar refractivity (Wildman–Crippen MR) is 63.7 cm³/mol. The summed E-state index contributed by atoms with van der Waals surface area (Å²) in [4.78, 5) is 0. The molecule has 0 amide bonds. The van der Waals surface area contributed by atoms with E-state index in [-0.39, 0.29) is 13.0 Å². The summed E-state index contributed by atoms with van der Waals surface area (Å²) in [6.45, 7) is 0.240. The summed E-state index contributed by atoms with van der Waals surface area (Å²) in [6, 6.07) is 0. The molecule has 1 rings (SSSR count). The van der Waals surface area contributed by atoms with E-state index in [1.807, 2.05) is 0 Å². The van der Waals surface area contributed by atoms with Gasteiger partial charge < -0.3 is 20.7 Å². The van der Waals surface area contributed by atoms with Crippen LogP contribution in [0.1, 0.15) is 6.42 Å². The first-order valence-electron chi connectivity index (χ1n) is 5.33. The molecule has 0 aromatic carbocycles. The van der Waals surface area contributed by atoms with Gasteiger partial charge in [-0.3, -0.25) is 5.32 Å². The molecule has 0 saturated carbocycles. The van der Waals surface area contributed by atoms with Crippen LogP contribution in [0.2, 0.25) is 0 Å². The van der Waals surface area contributed by atoms with Crippen molar-refractivity contribution in [2.75, 3.05) is 6.54 Å². The highest BCUT2D eigenvalue weighted by Crippen LogP contribution is 2.31. The van der Waals surface area contributed by atoms with Crippen molar-refractivity contribution in [3.8, 4) is 12.3 Å². The molecular weight excluding hydrogens is 266 g/mol. The van der Waals surface area contributed by atoms with Crippen molar-refractivity contribution >= 4 is 11.8 Å². The fourth-order valence-electron chi connectivity index (χ4n) is 1.53. The Kier molecular flexibility index (Phi) is 6.28. The number of rotatable bonds is 5. The summed E-state index contributed by atoms with van der Waals surface area (Å²) in [5.41, 5.74) is 4.33. The van der Waals surface area contributed by atoms with Gasteiger partial charge in [-0.05, 0) is 0 Å². The van der Waals surface area contributed by atoms with Gasteiger partial charge in [-0.25, -0.2) is 8.78 Å². The lowest BCUT2D eigenvalue weighted by Gasteiger charge is -2.37. The number of hydrogen-bond donors (Lipinski definition) is 4. The van der Waals surface area contributed by atoms with Crippen molar-refractivity contribution < 1.29 is 23.7 Å². The lowest BCUT2D eigenvalue weighted by atomic mass is 10.0. The van der Waals surface area contributed by atoms with Crippen LogP contribution in [-0.2, 0) is 4.74 Å². The maximum atomic E-state index is 12.6. The number of thioether (sulfide) groups is 1. The number of hydrogen-bond acceptors (Lipinski definition) is 6. The quantitative estimate of drug-likeness (QED) is 0.393. The molecule has 1 aliphatic rings. The van der Waals surface area contributed by atoms with Gasteiger partial charge >= 0.3 is 0 Å². The molecule has 3 unspecified atom stereocenters. The van der Waals surface area contributed by atoms with E-state index in [0.29, 0.717) is 0 Å². The molecule has 5 N–H and O–H groups in total. The third-order valence-corrected chi connectivity index (χ3v) is 3.49. The van der Waals surface area contributed by atoms with E-state index in [9.17, 15) is 19.0 Å². The lowest BCUT2D eigenvalue weighted by Crippen LogP contribution is -2.51. The Morgan fingerprint density at radius 1 is 1.56 bits per heavy atom. The SMILES string of the molecule is C#CCNC(N)S[C@@H]1CC(O)[C@H](O)C(C(F)F)O1. The van der Waals surface area contributed by atoms with Crippen LogP contribution < -0.4 is 11.1 Å². The number of halogens is 2. The number of ether oxygens (including phenoxy) is 1. The van der Waals surface area contributed by atoms with Crippen LogP contribution in [0, 0.1) is 12.3 Å². The van der Waals surface area contributed by atoms with Gasteiger partial charge in [0.15, 0.2) is 0 Å². The van der Waals surface area contributed by atoms with Gasteiger partial charge in [-0.15, -0.1) is 6.42 Å². The van der Waals surface area contributed by atoms with Gasteiger partial charge in [0.2, 0.25) is 0 Å². The average Bonchev–Trinajstić information content (AvgIpc) is 2.30. The zero-order valence-corrected chi connectivity index (χ0v) is 10.3. The summed E-state index contributed by atoms with van der Waals surface area (Å²) in [5, 5.41) is 21.6. The zero-order chi connectivity index (χ0) is 13.7. The molecule has 1 fully saturated rings. The molecule has 1 aliphatic heterocycles. The Morgan fingerprint density at radius 3 is 2.78 bits per heavy atom. The fourth-order valence-corrected chi connectivity index (χ4v) is 2.54. The Hall–Kier alpha value is -0.430. The lowest BCUT2D eigenvalue weighted by molar-refractivity contribution is -0.187. The van der Waals surface area contributed by atoms with Crippen LogP contribution in [-0.4, -0.2) is 52.4 Å². The normalized spacial score (nSPS) is 34.3. The number of alkyl halides is 2. The highest BCUT2D eigenvalue weighted by Gasteiger charge is 2.42. The summed E-state index contributed by atoms with van der Waals surface area (Å²) in [6.07, 6.45) is -2.35. The molecule has 18 heavy (non-hydrogen) atoms. The second kappa shape index (κ2) is 7.23. The summed E-state index contributed by atoms with van der Waals surface area (Å²) in [7, 11) is 0. The van der Waals surface area contributed by atoms with E-state index in [1.165, 1.54) is 0 Å². The minimum atomic E-state index is -2.87. The summed E-state index contributed by atoms with van der Waals surface area (Å²) < 4.78 is 30.2. The molecule has 8 heteroatoms. The number of terminal acetylenes is 1. The van der Waals surface area contributed by atoms with Crippen LogP contribution in [0.25, 0.3) is 0 Å². The van der Waals surface area contributed by atoms with Crippen molar-refractivity contribution in [3.63, 3.8) is 0 Å². The molecule has 0 aliphatic carbocycles. The maximum absolute atomic E-state index is 12.6. The molecule has 5 atom stereocenters. The van der Waals surface area contributed by atoms with Gasteiger partial charge in [0.25, 0.3) is 6.43 Å². The van der Waals surface area contributed by atoms with Gasteiger partial charge in [0, 0.05) is 6.42 Å². The third-order valence-electron chi connectivity index (χ3n) is 2.43. The average molecular weight is 282 g/mol. The van der Waals surface area contributed by atoms with Crippen molar-refractivity contribution in [2.24, 2.45) is 5.73 Å². The first-order valence-corrected chi connectivity index (χ1v) is 6.27. The molecule has 0 spiro atoms. The molecule has 0 radical (unpaired) electrons. The molecule has 1 heterocycles. The largest absolute Gasteiger partial charge is 0.390 e. The monoisotopic (exact) mass is 282 g/mol. The molecular formula is C10H16F2N2O3S. The van der Waals surface area contributed by atoms with Crippen LogP contribution in [0.15, 0.2) is 0 Å². The predicted octanol–water partition coefficient (Wildman–Crippen LogP) is -0.713. The molecule has 0 aromatic heterocycles. The number of nitrogens with two attached hydrogens (primary N) is 1. The number of aliphatic hydroxyl groups is 2. The van der Waals surface area contributed by atoms with Gasteiger partial charge in [-0.2, -0.15) is 0 Å². The van der Waals surface area contributed by atoms with Gasteiger partial charge in [0.1, 0.15) is 23.1 Å². The first-order chi connectivity index (χ1) is 8.45. The van der Waals surface area contributed by atoms with Crippen LogP contribution in [0.5, 0.6) is 0 Å². The Morgan fingerprint density at radius 2 is 2.22 bits per heavy atom. The minimum Gasteiger partial charge on any atom is -0.390 e. The molecule has 5 nitrogen and oxygen atoms in total. The molecule has 1 saturated heterocycles. The summed E-state index contributed by atoms with van der Waals surface area (Å²) >= 11 is 1.03. The molecule has 0 aromatic rings. The van der Waals surface area contributed by atoms with E-state index in [4.69, 9.17) is 16.9 Å². The standard InChI is InChI=1S/C10H16F2N2O3S/c1-2-3-14-10(13)18-6-4-5(15)7(16)8(17-6)9(11)12/h1,5-10,14-16H,3-4,13H2/t5?,6-,7+,8?,10?/m1/s1. The minimum absolute atomic E-state index is 0.0283. The van der Waals surface area contributed by atoms with E-state index in [2.05, 4.69) is 11.2 Å². The highest BCUT2D eigenvalue weighted by molar-refractivity contribution is 8.00. The number of nitrogens with one attached hydrogen (secondary N) is 1. The smallest absolute Gasteiger partial charge is 0.267 e. The first kappa shape index (κ1) is 15.6. The van der Waals surface area contributed by atoms with E-state index >= 15 is 0 Å². The van der Waals surface area contributed by atoms with Crippen LogP contribution in [0.3, 0.4) is 0 Å². The van der Waals surface area contributed by atoms with Crippen molar-refractivity contribution in [1.29, 1.82) is 0 Å². The molecule has 104 valence electrons. The summed E-state index contributed by atoms with van der Waals surface area (Å²) in [5.74, 6) is 2.32. The Balaban J connectivity index is 2.50. The van der Waals surface area contributed by atoms with Crippen molar-refractivity contribution in [2.45, 2.75) is 42.1 Å². The topological polar surface area (TPSA) is 87.7 Å². The van der Waals surface area contributed by atoms with Crippen molar-refractivity contribution in [3.05, 3.63) is 0 Å². The zero-order valence-electron chi connectivity index (χ0n) is 9.50. The Bertz CT molecular complexity index is 303. The van der Waals surface area contributed by atoms with Crippen LogP contribution >= 0.6 is 11.8 Å². The van der Waals surface area contributed by atoms with Crippen LogP contribution in [0.4, 0.5) is 8.78 Å².